The van der Waals surface area contributed by atoms with Gasteiger partial charge in [-0.1, -0.05) is 11.6 Å². The first-order valence-electron chi connectivity index (χ1n) is 5.87. The molecule has 19 heavy (non-hydrogen) atoms. The Balaban J connectivity index is 2.11. The summed E-state index contributed by atoms with van der Waals surface area (Å²) in [6, 6.07) is 0. The topological polar surface area (TPSA) is 93.3 Å². The van der Waals surface area contributed by atoms with Crippen molar-refractivity contribution in [3.63, 3.8) is 0 Å². The lowest BCUT2D eigenvalue weighted by Crippen LogP contribution is -2.30. The first-order chi connectivity index (χ1) is 8.99. The lowest BCUT2D eigenvalue weighted by Gasteiger charge is -2.16. The molecule has 3 rings (SSSR count). The Labute approximate surface area is 113 Å². The lowest BCUT2D eigenvalue weighted by atomic mass is 10.1. The summed E-state index contributed by atoms with van der Waals surface area (Å²) in [6.45, 7) is 3.41. The van der Waals surface area contributed by atoms with Crippen LogP contribution in [-0.2, 0) is 4.74 Å². The number of ether oxygens (including phenoxy) is 1. The molecule has 1 unspecified atom stereocenters. The van der Waals surface area contributed by atoms with Gasteiger partial charge < -0.3 is 14.9 Å². The lowest BCUT2D eigenvalue weighted by molar-refractivity contribution is -0.0299. The highest BCUT2D eigenvalue weighted by Gasteiger charge is 2.42. The molecule has 0 aliphatic carbocycles. The Kier molecular flexibility index (Phi) is 2.94. The van der Waals surface area contributed by atoms with E-state index in [1.807, 2.05) is 0 Å². The normalized spacial score (nSPS) is 31.2. The molecule has 0 amide bonds. The minimum absolute atomic E-state index is 0.252. The number of aliphatic hydroxyl groups is 2. The van der Waals surface area contributed by atoms with Crippen molar-refractivity contribution in [1.82, 2.24) is 19.5 Å². The number of halogens is 1. The average molecular weight is 285 g/mol. The van der Waals surface area contributed by atoms with Crippen LogP contribution >= 0.6 is 11.6 Å². The maximum Gasteiger partial charge on any atom is 0.167 e. The van der Waals surface area contributed by atoms with Gasteiger partial charge in [0.25, 0.3) is 0 Å². The van der Waals surface area contributed by atoms with Crippen LogP contribution in [0.4, 0.5) is 0 Å². The van der Waals surface area contributed by atoms with Crippen molar-refractivity contribution in [2.45, 2.75) is 38.4 Å². The smallest absolute Gasteiger partial charge is 0.167 e. The molecule has 7 nitrogen and oxygen atoms in total. The summed E-state index contributed by atoms with van der Waals surface area (Å²) in [7, 11) is 0. The molecule has 4 atom stereocenters. The minimum Gasteiger partial charge on any atom is -0.388 e. The number of rotatable bonds is 1. The number of aliphatic hydroxyl groups excluding tert-OH is 2. The standard InChI is InChI=1S/C11H13ClN4O3/c1-4-7(17)8(18)11(19-4)16-3-13-6-9(12)14-5(2)15-10(6)16/h3-4,7-8,11,17-18H,1-2H3/t4-,7-,8-,11?/m1/s1. The van der Waals surface area contributed by atoms with Gasteiger partial charge in [-0.15, -0.1) is 0 Å². The van der Waals surface area contributed by atoms with Gasteiger partial charge in [0.2, 0.25) is 0 Å². The van der Waals surface area contributed by atoms with Gasteiger partial charge in [0, 0.05) is 0 Å². The molecular formula is C11H13ClN4O3. The number of aryl methyl sites for hydroxylation is 1. The zero-order valence-corrected chi connectivity index (χ0v) is 11.1. The molecule has 2 aromatic rings. The van der Waals surface area contributed by atoms with Gasteiger partial charge in [-0.05, 0) is 13.8 Å². The van der Waals surface area contributed by atoms with Gasteiger partial charge in [-0.2, -0.15) is 0 Å². The maximum absolute atomic E-state index is 10.00. The second-order valence-corrected chi connectivity index (χ2v) is 4.96. The van der Waals surface area contributed by atoms with Crippen LogP contribution in [-0.4, -0.2) is 48.0 Å². The van der Waals surface area contributed by atoms with E-state index in [0.29, 0.717) is 17.0 Å². The van der Waals surface area contributed by atoms with Crippen molar-refractivity contribution in [2.75, 3.05) is 0 Å². The highest BCUT2D eigenvalue weighted by atomic mass is 35.5. The van der Waals surface area contributed by atoms with Crippen LogP contribution in [0.1, 0.15) is 19.0 Å². The van der Waals surface area contributed by atoms with Gasteiger partial charge in [0.15, 0.2) is 17.0 Å². The fourth-order valence-electron chi connectivity index (χ4n) is 2.23. The Morgan fingerprint density at radius 3 is 2.68 bits per heavy atom. The van der Waals surface area contributed by atoms with Crippen LogP contribution in [0.3, 0.4) is 0 Å². The molecule has 1 aliphatic rings. The Bertz CT molecular complexity index is 632. The number of fused-ring (bicyclic) bond motifs is 1. The van der Waals surface area contributed by atoms with Crippen LogP contribution in [0.15, 0.2) is 6.33 Å². The van der Waals surface area contributed by atoms with Crippen molar-refractivity contribution in [3.05, 3.63) is 17.3 Å². The third-order valence-corrected chi connectivity index (χ3v) is 3.51. The molecule has 0 saturated carbocycles. The fourth-order valence-corrected chi connectivity index (χ4v) is 2.48. The van der Waals surface area contributed by atoms with Crippen LogP contribution < -0.4 is 0 Å². The van der Waals surface area contributed by atoms with Crippen LogP contribution in [0.5, 0.6) is 0 Å². The quantitative estimate of drug-likeness (QED) is 0.738. The van der Waals surface area contributed by atoms with E-state index in [-0.39, 0.29) is 5.15 Å². The molecule has 0 aromatic carbocycles. The van der Waals surface area contributed by atoms with Crippen molar-refractivity contribution in [3.8, 4) is 0 Å². The van der Waals surface area contributed by atoms with E-state index < -0.39 is 24.5 Å². The summed E-state index contributed by atoms with van der Waals surface area (Å²) in [5.41, 5.74) is 0.917. The monoisotopic (exact) mass is 284 g/mol. The van der Waals surface area contributed by atoms with E-state index in [2.05, 4.69) is 15.0 Å². The van der Waals surface area contributed by atoms with Crippen LogP contribution in [0, 0.1) is 6.92 Å². The summed E-state index contributed by atoms with van der Waals surface area (Å²) >= 11 is 6.00. The second-order valence-electron chi connectivity index (χ2n) is 4.60. The third-order valence-electron chi connectivity index (χ3n) is 3.24. The Hall–Kier alpha value is -1.28. The number of hydrogen-bond acceptors (Lipinski definition) is 6. The molecular weight excluding hydrogens is 272 g/mol. The van der Waals surface area contributed by atoms with Gasteiger partial charge in [0.05, 0.1) is 12.4 Å². The Morgan fingerprint density at radius 1 is 1.32 bits per heavy atom. The van der Waals surface area contributed by atoms with E-state index in [1.165, 1.54) is 6.33 Å². The van der Waals surface area contributed by atoms with Crippen LogP contribution in [0.2, 0.25) is 5.15 Å². The Morgan fingerprint density at radius 2 is 2.05 bits per heavy atom. The molecule has 1 fully saturated rings. The van der Waals surface area contributed by atoms with Gasteiger partial charge in [-0.3, -0.25) is 4.57 Å². The predicted octanol–water partition coefficient (Wildman–Crippen LogP) is 0.427. The van der Waals surface area contributed by atoms with Crippen molar-refractivity contribution >= 4 is 22.8 Å². The van der Waals surface area contributed by atoms with Crippen LogP contribution in [0.25, 0.3) is 11.2 Å². The largest absolute Gasteiger partial charge is 0.388 e. The summed E-state index contributed by atoms with van der Waals surface area (Å²) in [5, 5.41) is 20.0. The molecule has 0 bridgehead atoms. The van der Waals surface area contributed by atoms with E-state index in [0.717, 1.165) is 0 Å². The van der Waals surface area contributed by atoms with Gasteiger partial charge >= 0.3 is 0 Å². The van der Waals surface area contributed by atoms with Gasteiger partial charge in [-0.25, -0.2) is 15.0 Å². The summed E-state index contributed by atoms with van der Waals surface area (Å²) in [4.78, 5) is 12.4. The van der Waals surface area contributed by atoms with E-state index in [9.17, 15) is 10.2 Å². The van der Waals surface area contributed by atoms with E-state index in [4.69, 9.17) is 16.3 Å². The summed E-state index contributed by atoms with van der Waals surface area (Å²) < 4.78 is 7.10. The minimum atomic E-state index is -1.04. The fraction of sp³-hybridized carbons (Fsp3) is 0.545. The molecule has 0 radical (unpaired) electrons. The number of nitrogens with zero attached hydrogens (tertiary/aromatic N) is 4. The maximum atomic E-state index is 10.00. The molecule has 2 aromatic heterocycles. The average Bonchev–Trinajstić information content (AvgIpc) is 2.86. The first kappa shape index (κ1) is 12.7. The van der Waals surface area contributed by atoms with Gasteiger partial charge in [0.1, 0.15) is 23.5 Å². The van der Waals surface area contributed by atoms with Crippen molar-refractivity contribution in [2.24, 2.45) is 0 Å². The highest BCUT2D eigenvalue weighted by molar-refractivity contribution is 6.33. The zero-order chi connectivity index (χ0) is 13.7. The molecule has 102 valence electrons. The summed E-state index contributed by atoms with van der Waals surface area (Å²) in [5.74, 6) is 0.500. The van der Waals surface area contributed by atoms with Crippen molar-refractivity contribution in [1.29, 1.82) is 0 Å². The zero-order valence-electron chi connectivity index (χ0n) is 10.4. The third kappa shape index (κ3) is 1.90. The first-order valence-corrected chi connectivity index (χ1v) is 6.25. The second kappa shape index (κ2) is 4.38. The van der Waals surface area contributed by atoms with E-state index in [1.54, 1.807) is 18.4 Å². The number of hydrogen-bond donors (Lipinski definition) is 2. The molecule has 3 heterocycles. The van der Waals surface area contributed by atoms with Crippen molar-refractivity contribution < 1.29 is 14.9 Å². The SMILES string of the molecule is Cc1nc(Cl)c2ncn(C3O[C@H](C)[C@@H](O)[C@H]3O)c2n1. The summed E-state index contributed by atoms with van der Waals surface area (Å²) in [6.07, 6.45) is -1.71. The molecule has 2 N–H and O–H groups in total. The molecule has 1 saturated heterocycles. The van der Waals surface area contributed by atoms with E-state index >= 15 is 0 Å². The predicted molar refractivity (Wildman–Crippen MR) is 66.7 cm³/mol. The number of imidazole rings is 1. The molecule has 1 aliphatic heterocycles. The number of aromatic nitrogens is 4. The molecule has 8 heteroatoms. The molecule has 0 spiro atoms. The highest BCUT2D eigenvalue weighted by Crippen LogP contribution is 2.32.